The molecule has 0 spiro atoms. The molecule has 1 aliphatic heterocycles. The Labute approximate surface area is 146 Å². The molecule has 3 heterocycles. The molecular weight excluding hydrogens is 334 g/mol. The van der Waals surface area contributed by atoms with E-state index in [0.717, 1.165) is 36.6 Å². The number of hydrogen-bond acceptors (Lipinski definition) is 5. The highest BCUT2D eigenvalue weighted by Crippen LogP contribution is 2.27. The van der Waals surface area contributed by atoms with Gasteiger partial charge in [0.2, 0.25) is 0 Å². The molecule has 7 heteroatoms. The van der Waals surface area contributed by atoms with Crippen molar-refractivity contribution >= 4 is 29.7 Å². The van der Waals surface area contributed by atoms with Crippen molar-refractivity contribution in [3.63, 3.8) is 0 Å². The van der Waals surface area contributed by atoms with E-state index in [-0.39, 0.29) is 30.4 Å². The van der Waals surface area contributed by atoms with Crippen LogP contribution in [0.4, 0.5) is 0 Å². The molecule has 0 bridgehead atoms. The molecule has 1 saturated heterocycles. The average molecular weight is 356 g/mol. The maximum absolute atomic E-state index is 12.7. The Hall–Kier alpha value is -1.37. The minimum absolute atomic E-state index is 0. The van der Waals surface area contributed by atoms with Gasteiger partial charge in [0, 0.05) is 24.0 Å². The average Bonchev–Trinajstić information content (AvgIpc) is 3.15. The second-order valence-electron chi connectivity index (χ2n) is 5.87. The van der Waals surface area contributed by atoms with E-state index in [9.17, 15) is 4.79 Å². The van der Waals surface area contributed by atoms with Gasteiger partial charge in [-0.15, -0.1) is 23.7 Å². The van der Waals surface area contributed by atoms with Crippen LogP contribution >= 0.6 is 23.7 Å². The maximum Gasteiger partial charge on any atom is 0.273 e. The van der Waals surface area contributed by atoms with Gasteiger partial charge in [-0.1, -0.05) is 0 Å². The van der Waals surface area contributed by atoms with Crippen LogP contribution in [-0.4, -0.2) is 34.4 Å². The number of rotatable bonds is 3. The molecule has 1 aliphatic rings. The first-order valence-corrected chi connectivity index (χ1v) is 8.53. The molecule has 23 heavy (non-hydrogen) atoms. The summed E-state index contributed by atoms with van der Waals surface area (Å²) in [6.45, 7) is 4.62. The van der Waals surface area contributed by atoms with E-state index in [2.05, 4.69) is 4.98 Å². The van der Waals surface area contributed by atoms with Gasteiger partial charge in [-0.3, -0.25) is 4.79 Å². The number of likely N-dealkylation sites (tertiary alicyclic amines) is 1. The van der Waals surface area contributed by atoms with Crippen LogP contribution in [0.25, 0.3) is 10.8 Å². The van der Waals surface area contributed by atoms with Crippen molar-refractivity contribution in [1.29, 1.82) is 0 Å². The van der Waals surface area contributed by atoms with Crippen molar-refractivity contribution in [1.82, 2.24) is 9.88 Å². The van der Waals surface area contributed by atoms with E-state index in [1.807, 2.05) is 36.3 Å². The Balaban J connectivity index is 0.00000192. The lowest BCUT2D eigenvalue weighted by atomic mass is 9.96. The maximum atomic E-state index is 12.7. The highest BCUT2D eigenvalue weighted by Gasteiger charge is 2.31. The topological polar surface area (TPSA) is 72.4 Å². The van der Waals surface area contributed by atoms with Gasteiger partial charge in [-0.05, 0) is 45.2 Å². The lowest BCUT2D eigenvalue weighted by Gasteiger charge is -2.37. The van der Waals surface area contributed by atoms with E-state index in [1.165, 1.54) is 11.3 Å². The van der Waals surface area contributed by atoms with Crippen LogP contribution in [0.1, 0.15) is 42.4 Å². The second kappa shape index (κ2) is 7.47. The van der Waals surface area contributed by atoms with Crippen LogP contribution in [0.15, 0.2) is 21.9 Å². The molecule has 2 aromatic rings. The molecule has 5 nitrogen and oxygen atoms in total. The third-order valence-corrected chi connectivity index (χ3v) is 4.95. The fraction of sp³-hybridized carbons (Fsp3) is 0.500. The fourth-order valence-corrected chi connectivity index (χ4v) is 3.69. The van der Waals surface area contributed by atoms with Crippen LogP contribution in [0.5, 0.6) is 0 Å². The summed E-state index contributed by atoms with van der Waals surface area (Å²) in [5.74, 6) is 1.53. The minimum atomic E-state index is -0.0206. The lowest BCUT2D eigenvalue weighted by Crippen LogP contribution is -2.51. The summed E-state index contributed by atoms with van der Waals surface area (Å²) in [4.78, 5) is 19.1. The Morgan fingerprint density at radius 1 is 1.48 bits per heavy atom. The minimum Gasteiger partial charge on any atom is -0.459 e. The van der Waals surface area contributed by atoms with Gasteiger partial charge in [0.15, 0.2) is 10.8 Å². The lowest BCUT2D eigenvalue weighted by molar-refractivity contribution is 0.0578. The van der Waals surface area contributed by atoms with Crippen molar-refractivity contribution in [3.05, 3.63) is 29.0 Å². The van der Waals surface area contributed by atoms with Crippen LogP contribution in [0, 0.1) is 6.92 Å². The van der Waals surface area contributed by atoms with Gasteiger partial charge in [-0.25, -0.2) is 4.98 Å². The summed E-state index contributed by atoms with van der Waals surface area (Å²) in [6, 6.07) is 3.87. The normalized spacial score (nSPS) is 19.3. The number of nitrogens with two attached hydrogens (primary N) is 1. The number of halogens is 1. The summed E-state index contributed by atoms with van der Waals surface area (Å²) in [5, 5.41) is 2.55. The van der Waals surface area contributed by atoms with Crippen molar-refractivity contribution in [2.45, 2.75) is 45.2 Å². The molecule has 0 saturated carbocycles. The zero-order valence-electron chi connectivity index (χ0n) is 13.3. The summed E-state index contributed by atoms with van der Waals surface area (Å²) >= 11 is 1.43. The molecule has 2 N–H and O–H groups in total. The molecule has 3 rings (SSSR count). The first kappa shape index (κ1) is 18.0. The van der Waals surface area contributed by atoms with Crippen LogP contribution in [0.2, 0.25) is 0 Å². The quantitative estimate of drug-likeness (QED) is 0.914. The number of carbonyl (C=O) groups is 1. The zero-order chi connectivity index (χ0) is 15.7. The highest BCUT2D eigenvalue weighted by molar-refractivity contribution is 7.13. The smallest absolute Gasteiger partial charge is 0.273 e. The van der Waals surface area contributed by atoms with Crippen molar-refractivity contribution in [2.75, 3.05) is 6.54 Å². The van der Waals surface area contributed by atoms with E-state index >= 15 is 0 Å². The first-order valence-electron chi connectivity index (χ1n) is 7.65. The first-order chi connectivity index (χ1) is 10.6. The predicted octanol–water partition coefficient (Wildman–Crippen LogP) is 3.48. The predicted molar refractivity (Wildman–Crippen MR) is 94.1 cm³/mol. The Morgan fingerprint density at radius 3 is 2.91 bits per heavy atom. The van der Waals surface area contributed by atoms with Crippen LogP contribution < -0.4 is 5.73 Å². The van der Waals surface area contributed by atoms with E-state index in [4.69, 9.17) is 10.2 Å². The third kappa shape index (κ3) is 3.76. The summed E-state index contributed by atoms with van der Waals surface area (Å²) in [7, 11) is 0. The van der Waals surface area contributed by atoms with Gasteiger partial charge in [0.25, 0.3) is 5.91 Å². The Morgan fingerprint density at radius 2 is 2.26 bits per heavy atom. The molecule has 0 radical (unpaired) electrons. The van der Waals surface area contributed by atoms with Gasteiger partial charge >= 0.3 is 0 Å². The highest BCUT2D eigenvalue weighted by atomic mass is 35.5. The number of piperidine rings is 1. The van der Waals surface area contributed by atoms with E-state index in [1.54, 1.807) is 0 Å². The van der Waals surface area contributed by atoms with Crippen molar-refractivity contribution < 1.29 is 9.21 Å². The number of carbonyl (C=O) groups excluding carboxylic acids is 1. The summed E-state index contributed by atoms with van der Waals surface area (Å²) in [5.41, 5.74) is 6.53. The SMILES string of the molecule is Cc1ccc(-c2nc(C(=O)N3CCCCC3C(C)N)cs2)o1.Cl. The molecule has 1 amide bonds. The van der Waals surface area contributed by atoms with Crippen molar-refractivity contribution in [2.24, 2.45) is 5.73 Å². The molecule has 2 unspecified atom stereocenters. The number of nitrogens with zero attached hydrogens (tertiary/aromatic N) is 2. The molecule has 0 aliphatic carbocycles. The summed E-state index contributed by atoms with van der Waals surface area (Å²) in [6.07, 6.45) is 3.13. The molecule has 2 atom stereocenters. The molecule has 126 valence electrons. The third-order valence-electron chi connectivity index (χ3n) is 4.09. The Kier molecular flexibility index (Phi) is 5.84. The number of hydrogen-bond donors (Lipinski definition) is 1. The number of furan rings is 1. The largest absolute Gasteiger partial charge is 0.459 e. The monoisotopic (exact) mass is 355 g/mol. The number of amides is 1. The second-order valence-corrected chi connectivity index (χ2v) is 6.73. The molecule has 2 aromatic heterocycles. The van der Waals surface area contributed by atoms with Gasteiger partial charge < -0.3 is 15.1 Å². The zero-order valence-corrected chi connectivity index (χ0v) is 15.0. The summed E-state index contributed by atoms with van der Waals surface area (Å²) < 4.78 is 5.57. The fourth-order valence-electron chi connectivity index (χ4n) is 2.94. The van der Waals surface area contributed by atoms with Crippen LogP contribution in [0.3, 0.4) is 0 Å². The van der Waals surface area contributed by atoms with Gasteiger partial charge in [-0.2, -0.15) is 0 Å². The van der Waals surface area contributed by atoms with E-state index < -0.39 is 0 Å². The molecule has 1 fully saturated rings. The number of aromatic nitrogens is 1. The van der Waals surface area contributed by atoms with Crippen LogP contribution in [-0.2, 0) is 0 Å². The number of aryl methyl sites for hydroxylation is 1. The van der Waals surface area contributed by atoms with Gasteiger partial charge in [0.05, 0.1) is 0 Å². The van der Waals surface area contributed by atoms with Gasteiger partial charge in [0.1, 0.15) is 11.5 Å². The number of thiazole rings is 1. The molecular formula is C16H22ClN3O2S. The van der Waals surface area contributed by atoms with E-state index in [0.29, 0.717) is 11.5 Å². The molecule has 0 aromatic carbocycles. The van der Waals surface area contributed by atoms with Crippen molar-refractivity contribution in [3.8, 4) is 10.8 Å². The Bertz CT molecular complexity index is 668. The standard InChI is InChI=1S/C16H21N3O2S.ClH/c1-10-6-7-14(21-10)15-18-12(9-22-15)16(20)19-8-4-3-5-13(19)11(2)17;/h6-7,9,11,13H,3-5,8,17H2,1-2H3;1H.